The van der Waals surface area contributed by atoms with Crippen LogP contribution in [0.1, 0.15) is 34.1 Å². The molecule has 0 fully saturated rings. The molecule has 1 aliphatic rings. The molecule has 1 aliphatic carbocycles. The molecule has 2 aromatic heterocycles. The minimum absolute atomic E-state index is 0.0619. The molecule has 7 nitrogen and oxygen atoms in total. The summed E-state index contributed by atoms with van der Waals surface area (Å²) < 4.78 is 1.60. The number of hydrogen-bond donors (Lipinski definition) is 2. The third-order valence-electron chi connectivity index (χ3n) is 5.66. The van der Waals surface area contributed by atoms with Crippen molar-refractivity contribution in [3.8, 4) is 0 Å². The molecule has 1 atom stereocenters. The molecule has 2 amide bonds. The van der Waals surface area contributed by atoms with Crippen LogP contribution in [0.2, 0.25) is 0 Å². The van der Waals surface area contributed by atoms with Gasteiger partial charge in [0.2, 0.25) is 5.91 Å². The first-order valence-electron chi connectivity index (χ1n) is 10.8. The Morgan fingerprint density at radius 2 is 2.21 bits per heavy atom. The number of allylic oxidation sites excluding steroid dienone is 1. The number of fused-ring (bicyclic) bond motifs is 3. The van der Waals surface area contributed by atoms with Crippen molar-refractivity contribution >= 4 is 50.8 Å². The van der Waals surface area contributed by atoms with Crippen LogP contribution in [0.15, 0.2) is 46.9 Å². The maximum atomic E-state index is 13.3. The summed E-state index contributed by atoms with van der Waals surface area (Å²) in [4.78, 5) is 44.5. The van der Waals surface area contributed by atoms with Gasteiger partial charge in [0.25, 0.3) is 11.5 Å². The van der Waals surface area contributed by atoms with Crippen LogP contribution in [0.4, 0.5) is 5.69 Å². The molecule has 3 aromatic rings. The lowest BCUT2D eigenvalue weighted by atomic mass is 9.89. The minimum Gasteiger partial charge on any atom is -0.355 e. The monoisotopic (exact) mass is 482 g/mol. The molecular formula is C24H26N4O3S2. The quantitative estimate of drug-likeness (QED) is 0.303. The summed E-state index contributed by atoms with van der Waals surface area (Å²) >= 11 is 2.82. The Hall–Kier alpha value is -2.91. The van der Waals surface area contributed by atoms with Gasteiger partial charge in [0.1, 0.15) is 4.83 Å². The van der Waals surface area contributed by atoms with Crippen molar-refractivity contribution in [1.82, 2.24) is 14.9 Å². The summed E-state index contributed by atoms with van der Waals surface area (Å²) in [5.41, 5.74) is 2.08. The average molecular weight is 483 g/mol. The first kappa shape index (κ1) is 23.3. The van der Waals surface area contributed by atoms with E-state index in [0.29, 0.717) is 28.9 Å². The van der Waals surface area contributed by atoms with E-state index in [0.717, 1.165) is 35.0 Å². The van der Waals surface area contributed by atoms with Crippen LogP contribution >= 0.6 is 23.1 Å². The second kappa shape index (κ2) is 9.93. The molecule has 9 heteroatoms. The number of carbonyl (C=O) groups excluding carboxylic acids is 2. The number of amides is 2. The molecule has 0 saturated heterocycles. The second-order valence-corrected chi connectivity index (χ2v) is 10.2. The SMILES string of the molecule is C=CCn1c(SCC(=O)Nc2cccc(C(=O)NC)c2)nc2sc3c(c2c1=O)CCC(C)C3. The van der Waals surface area contributed by atoms with Crippen molar-refractivity contribution in [3.63, 3.8) is 0 Å². The van der Waals surface area contributed by atoms with Crippen molar-refractivity contribution in [2.75, 3.05) is 18.1 Å². The first-order valence-corrected chi connectivity index (χ1v) is 12.6. The largest absolute Gasteiger partial charge is 0.355 e. The Morgan fingerprint density at radius 1 is 1.39 bits per heavy atom. The maximum absolute atomic E-state index is 13.3. The van der Waals surface area contributed by atoms with E-state index in [1.165, 1.54) is 16.6 Å². The van der Waals surface area contributed by atoms with Gasteiger partial charge in [0, 0.05) is 29.7 Å². The van der Waals surface area contributed by atoms with E-state index < -0.39 is 0 Å². The number of nitrogens with zero attached hydrogens (tertiary/aromatic N) is 2. The summed E-state index contributed by atoms with van der Waals surface area (Å²) in [5, 5.41) is 6.60. The molecule has 2 N–H and O–H groups in total. The number of thiophene rings is 1. The molecule has 0 bridgehead atoms. The Balaban J connectivity index is 1.56. The van der Waals surface area contributed by atoms with Crippen molar-refractivity contribution in [2.24, 2.45) is 5.92 Å². The molecule has 172 valence electrons. The molecule has 1 aromatic carbocycles. The zero-order chi connectivity index (χ0) is 23.5. The summed E-state index contributed by atoms with van der Waals surface area (Å²) in [6.07, 6.45) is 4.64. The van der Waals surface area contributed by atoms with E-state index in [1.54, 1.807) is 53.3 Å². The number of thioether (sulfide) groups is 1. The smallest absolute Gasteiger partial charge is 0.263 e. The third-order valence-corrected chi connectivity index (χ3v) is 7.78. The van der Waals surface area contributed by atoms with Crippen molar-refractivity contribution < 1.29 is 9.59 Å². The molecule has 2 heterocycles. The van der Waals surface area contributed by atoms with Gasteiger partial charge in [-0.25, -0.2) is 4.98 Å². The van der Waals surface area contributed by atoms with E-state index in [9.17, 15) is 14.4 Å². The van der Waals surface area contributed by atoms with Gasteiger partial charge in [-0.15, -0.1) is 17.9 Å². The highest BCUT2D eigenvalue weighted by atomic mass is 32.2. The van der Waals surface area contributed by atoms with Crippen molar-refractivity contribution in [2.45, 2.75) is 37.9 Å². The lowest BCUT2D eigenvalue weighted by molar-refractivity contribution is -0.113. The zero-order valence-electron chi connectivity index (χ0n) is 18.6. The minimum atomic E-state index is -0.243. The van der Waals surface area contributed by atoms with Gasteiger partial charge in [-0.1, -0.05) is 30.8 Å². The van der Waals surface area contributed by atoms with Crippen LogP contribution in [0.3, 0.4) is 0 Å². The fraction of sp³-hybridized carbons (Fsp3) is 0.333. The maximum Gasteiger partial charge on any atom is 0.263 e. The summed E-state index contributed by atoms with van der Waals surface area (Å²) in [6.45, 7) is 6.35. The van der Waals surface area contributed by atoms with Crippen LogP contribution in [0.5, 0.6) is 0 Å². The number of aryl methyl sites for hydroxylation is 1. The number of hydrogen-bond acceptors (Lipinski definition) is 6. The Bertz CT molecular complexity index is 1290. The predicted molar refractivity (Wildman–Crippen MR) is 134 cm³/mol. The van der Waals surface area contributed by atoms with E-state index in [1.807, 2.05) is 0 Å². The molecule has 0 saturated carbocycles. The van der Waals surface area contributed by atoms with Crippen LogP contribution < -0.4 is 16.2 Å². The molecule has 0 spiro atoms. The van der Waals surface area contributed by atoms with Gasteiger partial charge in [0.05, 0.1) is 11.1 Å². The summed E-state index contributed by atoms with van der Waals surface area (Å²) in [5.74, 6) is 0.231. The molecule has 4 rings (SSSR count). The van der Waals surface area contributed by atoms with Gasteiger partial charge in [-0.2, -0.15) is 0 Å². The van der Waals surface area contributed by atoms with Crippen molar-refractivity contribution in [3.05, 3.63) is 63.3 Å². The van der Waals surface area contributed by atoms with Crippen LogP contribution in [0, 0.1) is 5.92 Å². The Kier molecular flexibility index (Phi) is 6.99. The molecule has 1 unspecified atom stereocenters. The summed E-state index contributed by atoms with van der Waals surface area (Å²) in [7, 11) is 1.56. The lowest BCUT2D eigenvalue weighted by Gasteiger charge is -2.17. The van der Waals surface area contributed by atoms with Crippen LogP contribution in [-0.2, 0) is 24.2 Å². The van der Waals surface area contributed by atoms with Crippen molar-refractivity contribution in [1.29, 1.82) is 0 Å². The van der Waals surface area contributed by atoms with Gasteiger partial charge in [0.15, 0.2) is 5.16 Å². The summed E-state index contributed by atoms with van der Waals surface area (Å²) in [6, 6.07) is 6.74. The number of benzene rings is 1. The second-order valence-electron chi connectivity index (χ2n) is 8.13. The first-order chi connectivity index (χ1) is 15.9. The molecular weight excluding hydrogens is 456 g/mol. The third kappa shape index (κ3) is 4.89. The van der Waals surface area contributed by atoms with Crippen LogP contribution in [0.25, 0.3) is 10.2 Å². The fourth-order valence-corrected chi connectivity index (χ4v) is 6.25. The Labute approximate surface area is 200 Å². The molecule has 33 heavy (non-hydrogen) atoms. The topological polar surface area (TPSA) is 93.1 Å². The molecule has 0 aliphatic heterocycles. The number of rotatable bonds is 7. The van der Waals surface area contributed by atoms with Crippen LogP contribution in [-0.4, -0.2) is 34.2 Å². The highest BCUT2D eigenvalue weighted by molar-refractivity contribution is 7.99. The fourth-order valence-electron chi connectivity index (χ4n) is 4.01. The number of anilines is 1. The van der Waals surface area contributed by atoms with E-state index in [2.05, 4.69) is 24.1 Å². The van der Waals surface area contributed by atoms with E-state index in [4.69, 9.17) is 4.98 Å². The average Bonchev–Trinajstić information content (AvgIpc) is 3.16. The lowest BCUT2D eigenvalue weighted by Crippen LogP contribution is -2.24. The number of aromatic nitrogens is 2. The van der Waals surface area contributed by atoms with Gasteiger partial charge >= 0.3 is 0 Å². The Morgan fingerprint density at radius 3 is 2.97 bits per heavy atom. The number of nitrogens with one attached hydrogen (secondary N) is 2. The highest BCUT2D eigenvalue weighted by Crippen LogP contribution is 2.36. The zero-order valence-corrected chi connectivity index (χ0v) is 20.3. The van der Waals surface area contributed by atoms with E-state index >= 15 is 0 Å². The normalized spacial score (nSPS) is 15.2. The number of carbonyl (C=O) groups is 2. The predicted octanol–water partition coefficient (Wildman–Crippen LogP) is 3.86. The van der Waals surface area contributed by atoms with Gasteiger partial charge in [-0.3, -0.25) is 19.0 Å². The van der Waals surface area contributed by atoms with Gasteiger partial charge < -0.3 is 10.6 Å². The molecule has 0 radical (unpaired) electrons. The standard InChI is InChI=1S/C24H26N4O3S2/c1-4-10-28-23(31)20-17-9-8-14(2)11-18(17)33-22(20)27-24(28)32-13-19(29)26-16-7-5-6-15(12-16)21(30)25-3/h4-7,12,14H,1,8-11,13H2,2-3H3,(H,25,30)(H,26,29). The van der Waals surface area contributed by atoms with E-state index in [-0.39, 0.29) is 23.1 Å². The highest BCUT2D eigenvalue weighted by Gasteiger charge is 2.24. The van der Waals surface area contributed by atoms with Gasteiger partial charge in [-0.05, 0) is 48.9 Å².